The molecule has 0 aliphatic heterocycles. The van der Waals surface area contributed by atoms with Crippen LogP contribution in [0.4, 0.5) is 5.00 Å². The van der Waals surface area contributed by atoms with E-state index in [9.17, 15) is 9.59 Å². The molecular formula is C17H14N2O2S. The van der Waals surface area contributed by atoms with Gasteiger partial charge >= 0.3 is 0 Å². The number of nitrogens with one attached hydrogen (secondary N) is 1. The summed E-state index contributed by atoms with van der Waals surface area (Å²) in [6.07, 6.45) is 0.251. The Morgan fingerprint density at radius 3 is 2.59 bits per heavy atom. The highest BCUT2D eigenvalue weighted by atomic mass is 32.1. The van der Waals surface area contributed by atoms with Crippen molar-refractivity contribution in [3.05, 3.63) is 65.0 Å². The van der Waals surface area contributed by atoms with Gasteiger partial charge in [-0.2, -0.15) is 0 Å². The predicted octanol–water partition coefficient (Wildman–Crippen LogP) is 3.18. The van der Waals surface area contributed by atoms with E-state index in [1.165, 1.54) is 11.3 Å². The minimum atomic E-state index is -0.540. The molecule has 0 saturated carbocycles. The Balaban J connectivity index is 1.75. The van der Waals surface area contributed by atoms with Crippen LogP contribution in [0.15, 0.2) is 53.9 Å². The van der Waals surface area contributed by atoms with Crippen molar-refractivity contribution >= 4 is 38.9 Å². The fraction of sp³-hybridized carbons (Fsp3) is 0.0588. The summed E-state index contributed by atoms with van der Waals surface area (Å²) in [5, 5.41) is 7.21. The van der Waals surface area contributed by atoms with Crippen LogP contribution in [0.25, 0.3) is 10.8 Å². The molecule has 3 N–H and O–H groups in total. The molecule has 0 aliphatic rings. The van der Waals surface area contributed by atoms with Crippen molar-refractivity contribution in [2.45, 2.75) is 6.42 Å². The molecule has 3 rings (SSSR count). The van der Waals surface area contributed by atoms with Gasteiger partial charge in [0.2, 0.25) is 5.91 Å². The normalized spacial score (nSPS) is 10.5. The molecule has 1 heterocycles. The highest BCUT2D eigenvalue weighted by Gasteiger charge is 2.12. The number of thiophene rings is 1. The molecule has 22 heavy (non-hydrogen) atoms. The Morgan fingerprint density at radius 2 is 1.82 bits per heavy atom. The molecule has 2 amide bonds. The van der Waals surface area contributed by atoms with E-state index in [0.717, 1.165) is 16.3 Å². The number of carbonyl (C=O) groups excluding carboxylic acids is 2. The zero-order valence-corrected chi connectivity index (χ0v) is 12.5. The second kappa shape index (κ2) is 5.99. The fourth-order valence-corrected chi connectivity index (χ4v) is 3.11. The lowest BCUT2D eigenvalue weighted by Crippen LogP contribution is -2.17. The summed E-state index contributed by atoms with van der Waals surface area (Å²) < 4.78 is 0. The number of hydrogen-bond acceptors (Lipinski definition) is 3. The Kier molecular flexibility index (Phi) is 3.89. The first-order valence-electron chi connectivity index (χ1n) is 6.78. The maximum absolute atomic E-state index is 12.1. The minimum Gasteiger partial charge on any atom is -0.366 e. The Hall–Kier alpha value is -2.66. The van der Waals surface area contributed by atoms with Crippen molar-refractivity contribution < 1.29 is 9.59 Å². The maximum Gasteiger partial charge on any atom is 0.251 e. The standard InChI is InChI=1S/C17H14N2O2S/c18-16(21)14-7-8-22-17(14)19-15(20)10-11-5-6-12-3-1-2-4-13(12)9-11/h1-9H,10H2,(H2,18,21)(H,19,20). The van der Waals surface area contributed by atoms with Crippen LogP contribution in [0.2, 0.25) is 0 Å². The van der Waals surface area contributed by atoms with Crippen LogP contribution in [-0.2, 0) is 11.2 Å². The molecule has 0 atom stereocenters. The van der Waals surface area contributed by atoms with E-state index >= 15 is 0 Å². The SMILES string of the molecule is NC(=O)c1ccsc1NC(=O)Cc1ccc2ccccc2c1. The van der Waals surface area contributed by atoms with E-state index in [0.29, 0.717) is 10.6 Å². The summed E-state index contributed by atoms with van der Waals surface area (Å²) in [7, 11) is 0. The highest BCUT2D eigenvalue weighted by molar-refractivity contribution is 7.14. The molecule has 5 heteroatoms. The molecule has 0 saturated heterocycles. The summed E-state index contributed by atoms with van der Waals surface area (Å²) in [5.41, 5.74) is 6.53. The molecule has 4 nitrogen and oxygen atoms in total. The smallest absolute Gasteiger partial charge is 0.251 e. The molecular weight excluding hydrogens is 296 g/mol. The number of amides is 2. The van der Waals surface area contributed by atoms with Crippen LogP contribution < -0.4 is 11.1 Å². The van der Waals surface area contributed by atoms with E-state index < -0.39 is 5.91 Å². The number of fused-ring (bicyclic) bond motifs is 1. The molecule has 0 bridgehead atoms. The molecule has 0 fully saturated rings. The molecule has 2 aromatic carbocycles. The van der Waals surface area contributed by atoms with Crippen LogP contribution in [0.5, 0.6) is 0 Å². The van der Waals surface area contributed by atoms with E-state index in [-0.39, 0.29) is 12.3 Å². The summed E-state index contributed by atoms with van der Waals surface area (Å²) in [6, 6.07) is 15.5. The van der Waals surface area contributed by atoms with Gasteiger partial charge in [-0.3, -0.25) is 9.59 Å². The Morgan fingerprint density at radius 1 is 1.05 bits per heavy atom. The van der Waals surface area contributed by atoms with Gasteiger partial charge in [-0.05, 0) is 27.8 Å². The first-order valence-corrected chi connectivity index (χ1v) is 7.66. The van der Waals surface area contributed by atoms with Crippen molar-refractivity contribution in [3.8, 4) is 0 Å². The van der Waals surface area contributed by atoms with Gasteiger partial charge < -0.3 is 11.1 Å². The van der Waals surface area contributed by atoms with Gasteiger partial charge in [0.15, 0.2) is 0 Å². The lowest BCUT2D eigenvalue weighted by molar-refractivity contribution is -0.115. The van der Waals surface area contributed by atoms with E-state index in [4.69, 9.17) is 5.73 Å². The van der Waals surface area contributed by atoms with Gasteiger partial charge in [0.25, 0.3) is 5.91 Å². The molecule has 0 aliphatic carbocycles. The van der Waals surface area contributed by atoms with Gasteiger partial charge in [-0.1, -0.05) is 42.5 Å². The number of primary amides is 1. The number of rotatable bonds is 4. The topological polar surface area (TPSA) is 72.2 Å². The third-order valence-electron chi connectivity index (χ3n) is 3.36. The van der Waals surface area contributed by atoms with Crippen LogP contribution in [0.3, 0.4) is 0 Å². The van der Waals surface area contributed by atoms with Gasteiger partial charge in [-0.15, -0.1) is 11.3 Å². The molecule has 0 unspecified atom stereocenters. The van der Waals surface area contributed by atoms with Gasteiger partial charge in [-0.25, -0.2) is 0 Å². The summed E-state index contributed by atoms with van der Waals surface area (Å²) in [5.74, 6) is -0.706. The lowest BCUT2D eigenvalue weighted by Gasteiger charge is -2.06. The van der Waals surface area contributed by atoms with Crippen LogP contribution in [-0.4, -0.2) is 11.8 Å². The number of anilines is 1. The van der Waals surface area contributed by atoms with Crippen molar-refractivity contribution in [2.75, 3.05) is 5.32 Å². The minimum absolute atomic E-state index is 0.166. The first kappa shape index (κ1) is 14.3. The van der Waals surface area contributed by atoms with Crippen molar-refractivity contribution in [1.82, 2.24) is 0 Å². The van der Waals surface area contributed by atoms with Crippen LogP contribution in [0, 0.1) is 0 Å². The average molecular weight is 310 g/mol. The largest absolute Gasteiger partial charge is 0.366 e. The van der Waals surface area contributed by atoms with Gasteiger partial charge in [0.05, 0.1) is 12.0 Å². The lowest BCUT2D eigenvalue weighted by atomic mass is 10.0. The fourth-order valence-electron chi connectivity index (χ4n) is 2.31. The monoisotopic (exact) mass is 310 g/mol. The third-order valence-corrected chi connectivity index (χ3v) is 4.19. The maximum atomic E-state index is 12.1. The summed E-state index contributed by atoms with van der Waals surface area (Å²) in [4.78, 5) is 23.4. The van der Waals surface area contributed by atoms with E-state index in [1.807, 2.05) is 42.5 Å². The second-order valence-electron chi connectivity index (χ2n) is 4.93. The summed E-state index contributed by atoms with van der Waals surface area (Å²) in [6.45, 7) is 0. The number of benzene rings is 2. The number of carbonyl (C=O) groups is 2. The molecule has 110 valence electrons. The van der Waals surface area contributed by atoms with Gasteiger partial charge in [0, 0.05) is 0 Å². The van der Waals surface area contributed by atoms with E-state index in [2.05, 4.69) is 5.32 Å². The van der Waals surface area contributed by atoms with Crippen molar-refractivity contribution in [3.63, 3.8) is 0 Å². The molecule has 0 spiro atoms. The zero-order valence-electron chi connectivity index (χ0n) is 11.7. The van der Waals surface area contributed by atoms with Crippen LogP contribution >= 0.6 is 11.3 Å². The van der Waals surface area contributed by atoms with Crippen LogP contribution in [0.1, 0.15) is 15.9 Å². The quantitative estimate of drug-likeness (QED) is 0.777. The van der Waals surface area contributed by atoms with Crippen molar-refractivity contribution in [2.24, 2.45) is 5.73 Å². The zero-order chi connectivity index (χ0) is 15.5. The highest BCUT2D eigenvalue weighted by Crippen LogP contribution is 2.23. The average Bonchev–Trinajstić information content (AvgIpc) is 2.95. The molecule has 3 aromatic rings. The number of nitrogens with two attached hydrogens (primary N) is 1. The summed E-state index contributed by atoms with van der Waals surface area (Å²) >= 11 is 1.29. The first-order chi connectivity index (χ1) is 10.6. The van der Waals surface area contributed by atoms with E-state index in [1.54, 1.807) is 11.4 Å². The van der Waals surface area contributed by atoms with Crippen molar-refractivity contribution in [1.29, 1.82) is 0 Å². The Labute approximate surface area is 131 Å². The predicted molar refractivity (Wildman–Crippen MR) is 89.1 cm³/mol. The third kappa shape index (κ3) is 2.99. The van der Waals surface area contributed by atoms with Gasteiger partial charge in [0.1, 0.15) is 5.00 Å². The second-order valence-corrected chi connectivity index (χ2v) is 5.85. The Bertz CT molecular complexity index is 854. The number of hydrogen-bond donors (Lipinski definition) is 2. The molecule has 1 aromatic heterocycles. The molecule has 0 radical (unpaired) electrons.